The summed E-state index contributed by atoms with van der Waals surface area (Å²) in [4.78, 5) is 17.3. The normalized spacial score (nSPS) is 11.1. The van der Waals surface area contributed by atoms with Crippen LogP contribution in [-0.2, 0) is 6.42 Å². The molecule has 0 atom stereocenters. The number of aryl methyl sites for hydroxylation is 1. The van der Waals surface area contributed by atoms with E-state index in [1.807, 2.05) is 30.3 Å². The molecule has 24 heavy (non-hydrogen) atoms. The van der Waals surface area contributed by atoms with Crippen LogP contribution in [0.3, 0.4) is 0 Å². The van der Waals surface area contributed by atoms with Crippen molar-refractivity contribution in [3.8, 4) is 0 Å². The standard InChI is InChI=1S/C20H31N3O/c1-4-6-7-8-9-10-15-22(3)23-19-17(13-11-14-21-19)16-18(12-5-2)20(23)24/h11,13-14,16H,4-10,12,15H2,1-3H3. The molecular weight excluding hydrogens is 298 g/mol. The van der Waals surface area contributed by atoms with Crippen molar-refractivity contribution in [2.24, 2.45) is 0 Å². The molecule has 0 aromatic carbocycles. The molecule has 2 rings (SSSR count). The fourth-order valence-electron chi connectivity index (χ4n) is 3.17. The molecule has 132 valence electrons. The number of pyridine rings is 2. The van der Waals surface area contributed by atoms with E-state index >= 15 is 0 Å². The Kier molecular flexibility index (Phi) is 7.29. The van der Waals surface area contributed by atoms with Crippen LogP contribution in [0.4, 0.5) is 0 Å². The van der Waals surface area contributed by atoms with Gasteiger partial charge in [0, 0.05) is 30.7 Å². The molecule has 4 nitrogen and oxygen atoms in total. The van der Waals surface area contributed by atoms with Gasteiger partial charge in [-0.3, -0.25) is 4.79 Å². The highest BCUT2D eigenvalue weighted by molar-refractivity contribution is 5.75. The zero-order valence-electron chi connectivity index (χ0n) is 15.4. The number of hydrogen-bond donors (Lipinski definition) is 0. The van der Waals surface area contributed by atoms with Gasteiger partial charge < -0.3 is 5.01 Å². The Hall–Kier alpha value is -1.84. The van der Waals surface area contributed by atoms with Crippen molar-refractivity contribution in [1.82, 2.24) is 9.66 Å². The number of hydrogen-bond acceptors (Lipinski definition) is 3. The van der Waals surface area contributed by atoms with Crippen molar-refractivity contribution in [1.29, 1.82) is 0 Å². The molecule has 0 aliphatic rings. The lowest BCUT2D eigenvalue weighted by molar-refractivity contribution is 0.562. The Morgan fingerprint density at radius 2 is 1.83 bits per heavy atom. The van der Waals surface area contributed by atoms with Crippen LogP contribution in [0.2, 0.25) is 0 Å². The van der Waals surface area contributed by atoms with Gasteiger partial charge in [-0.05, 0) is 31.0 Å². The Morgan fingerprint density at radius 3 is 2.58 bits per heavy atom. The maximum absolute atomic E-state index is 12.9. The van der Waals surface area contributed by atoms with Gasteiger partial charge in [-0.1, -0.05) is 52.4 Å². The summed E-state index contributed by atoms with van der Waals surface area (Å²) in [6.07, 6.45) is 11.1. The minimum Gasteiger partial charge on any atom is -0.311 e. The summed E-state index contributed by atoms with van der Waals surface area (Å²) in [5.41, 5.74) is 1.72. The van der Waals surface area contributed by atoms with Crippen LogP contribution in [0.1, 0.15) is 64.4 Å². The third kappa shape index (κ3) is 4.59. The number of nitrogens with zero attached hydrogens (tertiary/aromatic N) is 3. The molecule has 0 fully saturated rings. The van der Waals surface area contributed by atoms with Crippen LogP contribution in [0.15, 0.2) is 29.2 Å². The average Bonchev–Trinajstić information content (AvgIpc) is 2.59. The lowest BCUT2D eigenvalue weighted by atomic mass is 10.1. The van der Waals surface area contributed by atoms with Crippen LogP contribution in [0, 0.1) is 0 Å². The SMILES string of the molecule is CCCCCCCCN(C)n1c(=O)c(CCC)cc2cccnc21. The maximum Gasteiger partial charge on any atom is 0.274 e. The minimum absolute atomic E-state index is 0.0801. The summed E-state index contributed by atoms with van der Waals surface area (Å²) in [6, 6.07) is 5.97. The van der Waals surface area contributed by atoms with Gasteiger partial charge in [0.1, 0.15) is 0 Å². The first-order chi connectivity index (χ1) is 11.7. The molecule has 0 bridgehead atoms. The van der Waals surface area contributed by atoms with E-state index in [4.69, 9.17) is 0 Å². The first-order valence-electron chi connectivity index (χ1n) is 9.40. The lowest BCUT2D eigenvalue weighted by Gasteiger charge is -2.23. The van der Waals surface area contributed by atoms with E-state index in [0.29, 0.717) is 0 Å². The molecule has 0 aliphatic carbocycles. The third-order valence-corrected chi connectivity index (χ3v) is 4.51. The monoisotopic (exact) mass is 329 g/mol. The highest BCUT2D eigenvalue weighted by Crippen LogP contribution is 2.13. The topological polar surface area (TPSA) is 38.1 Å². The number of rotatable bonds is 10. The Bertz CT molecular complexity index is 693. The summed E-state index contributed by atoms with van der Waals surface area (Å²) in [5.74, 6) is 0. The number of aromatic nitrogens is 2. The van der Waals surface area contributed by atoms with E-state index in [-0.39, 0.29) is 5.56 Å². The van der Waals surface area contributed by atoms with E-state index in [9.17, 15) is 4.79 Å². The average molecular weight is 329 g/mol. The zero-order chi connectivity index (χ0) is 17.4. The summed E-state index contributed by atoms with van der Waals surface area (Å²) in [5, 5.41) is 3.08. The van der Waals surface area contributed by atoms with Gasteiger partial charge >= 0.3 is 0 Å². The van der Waals surface area contributed by atoms with Gasteiger partial charge in [-0.25, -0.2) is 9.66 Å². The van der Waals surface area contributed by atoms with Gasteiger partial charge in [0.05, 0.1) is 0 Å². The van der Waals surface area contributed by atoms with Crippen molar-refractivity contribution < 1.29 is 0 Å². The number of fused-ring (bicyclic) bond motifs is 1. The second-order valence-electron chi connectivity index (χ2n) is 6.60. The fraction of sp³-hybridized carbons (Fsp3) is 0.600. The van der Waals surface area contributed by atoms with Crippen LogP contribution in [0.25, 0.3) is 11.0 Å². The molecule has 0 saturated carbocycles. The largest absolute Gasteiger partial charge is 0.311 e. The maximum atomic E-state index is 12.9. The smallest absolute Gasteiger partial charge is 0.274 e. The molecule has 4 heteroatoms. The second-order valence-corrected chi connectivity index (χ2v) is 6.60. The predicted molar refractivity (Wildman–Crippen MR) is 102 cm³/mol. The molecule has 0 amide bonds. The molecule has 2 aromatic rings. The number of unbranched alkanes of at least 4 members (excludes halogenated alkanes) is 5. The van der Waals surface area contributed by atoms with Crippen molar-refractivity contribution >= 4 is 11.0 Å². The summed E-state index contributed by atoms with van der Waals surface area (Å²) in [6.45, 7) is 5.23. The highest BCUT2D eigenvalue weighted by Gasteiger charge is 2.12. The van der Waals surface area contributed by atoms with Gasteiger partial charge in [-0.15, -0.1) is 0 Å². The minimum atomic E-state index is 0.0801. The van der Waals surface area contributed by atoms with E-state index in [1.54, 1.807) is 10.9 Å². The molecule has 0 spiro atoms. The van der Waals surface area contributed by atoms with E-state index < -0.39 is 0 Å². The predicted octanol–water partition coefficient (Wildman–Crippen LogP) is 4.28. The molecule has 0 radical (unpaired) electrons. The highest BCUT2D eigenvalue weighted by atomic mass is 16.1. The van der Waals surface area contributed by atoms with Crippen molar-refractivity contribution in [2.75, 3.05) is 18.6 Å². The molecule has 2 heterocycles. The van der Waals surface area contributed by atoms with Gasteiger partial charge in [0.15, 0.2) is 5.65 Å². The van der Waals surface area contributed by atoms with E-state index in [1.165, 1.54) is 32.1 Å². The Balaban J connectivity index is 2.16. The quantitative estimate of drug-likeness (QED) is 0.611. The second kappa shape index (κ2) is 9.45. The Morgan fingerprint density at radius 1 is 1.08 bits per heavy atom. The summed E-state index contributed by atoms with van der Waals surface area (Å²) in [7, 11) is 2.00. The third-order valence-electron chi connectivity index (χ3n) is 4.51. The van der Waals surface area contributed by atoms with Gasteiger partial charge in [0.2, 0.25) is 0 Å². The molecular formula is C20H31N3O. The van der Waals surface area contributed by atoms with Crippen molar-refractivity contribution in [3.05, 3.63) is 40.3 Å². The van der Waals surface area contributed by atoms with Crippen LogP contribution >= 0.6 is 0 Å². The van der Waals surface area contributed by atoms with Crippen LogP contribution < -0.4 is 10.6 Å². The van der Waals surface area contributed by atoms with Gasteiger partial charge in [0.25, 0.3) is 5.56 Å². The fourth-order valence-corrected chi connectivity index (χ4v) is 3.17. The van der Waals surface area contributed by atoms with Gasteiger partial charge in [-0.2, -0.15) is 0 Å². The van der Waals surface area contributed by atoms with Crippen LogP contribution in [0.5, 0.6) is 0 Å². The first-order valence-corrected chi connectivity index (χ1v) is 9.40. The van der Waals surface area contributed by atoms with Crippen LogP contribution in [-0.4, -0.2) is 23.3 Å². The van der Waals surface area contributed by atoms with E-state index in [2.05, 4.69) is 18.8 Å². The van der Waals surface area contributed by atoms with Crippen molar-refractivity contribution in [3.63, 3.8) is 0 Å². The molecule has 0 saturated heterocycles. The summed E-state index contributed by atoms with van der Waals surface area (Å²) < 4.78 is 1.77. The molecule has 0 N–H and O–H groups in total. The molecule has 0 aliphatic heterocycles. The van der Waals surface area contributed by atoms with Crippen molar-refractivity contribution in [2.45, 2.75) is 65.2 Å². The zero-order valence-corrected chi connectivity index (χ0v) is 15.4. The molecule has 2 aromatic heterocycles. The Labute approximate surface area is 145 Å². The lowest BCUT2D eigenvalue weighted by Crippen LogP contribution is -2.41. The molecule has 0 unspecified atom stereocenters. The summed E-state index contributed by atoms with van der Waals surface area (Å²) >= 11 is 0. The first kappa shape index (κ1) is 18.5. The van der Waals surface area contributed by atoms with E-state index in [0.717, 1.165) is 42.4 Å².